The Morgan fingerprint density at radius 3 is 2.50 bits per heavy atom. The van der Waals surface area contributed by atoms with E-state index in [4.69, 9.17) is 16.3 Å². The van der Waals surface area contributed by atoms with Crippen LogP contribution < -0.4 is 15.6 Å². The zero-order valence-electron chi connectivity index (χ0n) is 16.8. The Morgan fingerprint density at radius 1 is 1.06 bits per heavy atom. The Kier molecular flexibility index (Phi) is 6.68. The second kappa shape index (κ2) is 9.98. The number of hydrogen-bond donors (Lipinski definition) is 2. The van der Waals surface area contributed by atoms with E-state index in [0.29, 0.717) is 43.0 Å². The number of anilines is 4. The maximum Gasteiger partial charge on any atom is 0.269 e. The molecule has 11 nitrogen and oxygen atoms in total. The van der Waals surface area contributed by atoms with Gasteiger partial charge in [0.1, 0.15) is 0 Å². The highest BCUT2D eigenvalue weighted by atomic mass is 35.5. The van der Waals surface area contributed by atoms with Gasteiger partial charge in [0.05, 0.1) is 24.4 Å². The van der Waals surface area contributed by atoms with E-state index >= 15 is 0 Å². The average Bonchev–Trinajstić information content (AvgIpc) is 2.81. The molecule has 32 heavy (non-hydrogen) atoms. The summed E-state index contributed by atoms with van der Waals surface area (Å²) in [5.74, 6) is 0.961. The van der Waals surface area contributed by atoms with Crippen molar-refractivity contribution in [1.82, 2.24) is 15.0 Å². The fourth-order valence-electron chi connectivity index (χ4n) is 2.91. The minimum atomic E-state index is -0.456. The largest absolute Gasteiger partial charge is 0.378 e. The van der Waals surface area contributed by atoms with Crippen LogP contribution in [0.15, 0.2) is 53.6 Å². The third-order valence-corrected chi connectivity index (χ3v) is 4.87. The molecule has 164 valence electrons. The molecule has 3 aromatic rings. The molecule has 0 amide bonds. The lowest BCUT2D eigenvalue weighted by atomic mass is 10.2. The number of morpholine rings is 1. The quantitative estimate of drug-likeness (QED) is 0.313. The summed E-state index contributed by atoms with van der Waals surface area (Å²) in [5, 5.41) is 18.7. The van der Waals surface area contributed by atoms with Gasteiger partial charge in [0.2, 0.25) is 17.8 Å². The molecule has 2 heterocycles. The maximum absolute atomic E-state index is 10.9. The van der Waals surface area contributed by atoms with Crippen LogP contribution in [0.3, 0.4) is 0 Å². The second-order valence-corrected chi connectivity index (χ2v) is 7.11. The fraction of sp³-hybridized carbons (Fsp3) is 0.200. The minimum absolute atomic E-state index is 0.00327. The van der Waals surface area contributed by atoms with Crippen LogP contribution >= 0.6 is 11.6 Å². The number of rotatable bonds is 7. The SMILES string of the molecule is O=[N+]([O-])c1ccc(Nc2nc(N/N=C/c3ccccc3Cl)nc(N3CCOCC3)n2)cc1. The molecule has 0 spiro atoms. The summed E-state index contributed by atoms with van der Waals surface area (Å²) in [6, 6.07) is 13.3. The van der Waals surface area contributed by atoms with E-state index in [9.17, 15) is 10.1 Å². The van der Waals surface area contributed by atoms with Gasteiger partial charge in [-0.05, 0) is 18.2 Å². The molecule has 1 fully saturated rings. The van der Waals surface area contributed by atoms with Gasteiger partial charge in [-0.25, -0.2) is 5.43 Å². The predicted molar refractivity (Wildman–Crippen MR) is 122 cm³/mol. The molecule has 1 aromatic heterocycles. The molecular formula is C20H19ClN8O3. The number of aromatic nitrogens is 3. The highest BCUT2D eigenvalue weighted by Gasteiger charge is 2.17. The van der Waals surface area contributed by atoms with Crippen LogP contribution in [0.25, 0.3) is 0 Å². The number of nitrogens with one attached hydrogen (secondary N) is 2. The van der Waals surface area contributed by atoms with Gasteiger partial charge in [-0.15, -0.1) is 0 Å². The van der Waals surface area contributed by atoms with Gasteiger partial charge in [0.15, 0.2) is 0 Å². The molecular weight excluding hydrogens is 436 g/mol. The van der Waals surface area contributed by atoms with Crippen LogP contribution in [0.1, 0.15) is 5.56 Å². The molecule has 12 heteroatoms. The lowest BCUT2D eigenvalue weighted by Crippen LogP contribution is -2.37. The second-order valence-electron chi connectivity index (χ2n) is 6.70. The number of hydrogen-bond acceptors (Lipinski definition) is 10. The average molecular weight is 455 g/mol. The topological polar surface area (TPSA) is 131 Å². The first kappa shape index (κ1) is 21.4. The standard InChI is InChI=1S/C20H19ClN8O3/c21-17-4-2-1-3-14(17)13-22-27-19-24-18(23-15-5-7-16(8-6-15)29(30)31)25-20(26-19)28-9-11-32-12-10-28/h1-8,13H,9-12H2,(H2,23,24,25,26,27)/b22-13+. The molecule has 2 N–H and O–H groups in total. The number of ether oxygens (including phenoxy) is 1. The van der Waals surface area contributed by atoms with Crippen molar-refractivity contribution in [1.29, 1.82) is 0 Å². The number of hydrazone groups is 1. The van der Waals surface area contributed by atoms with E-state index in [-0.39, 0.29) is 17.6 Å². The number of nitrogens with zero attached hydrogens (tertiary/aromatic N) is 6. The number of nitro groups is 1. The summed E-state index contributed by atoms with van der Waals surface area (Å²) in [7, 11) is 0. The lowest BCUT2D eigenvalue weighted by Gasteiger charge is -2.27. The van der Waals surface area contributed by atoms with Crippen molar-refractivity contribution < 1.29 is 9.66 Å². The van der Waals surface area contributed by atoms with Gasteiger partial charge >= 0.3 is 0 Å². The highest BCUT2D eigenvalue weighted by Crippen LogP contribution is 2.21. The zero-order valence-corrected chi connectivity index (χ0v) is 17.6. The first-order valence-electron chi connectivity index (χ1n) is 9.72. The first-order chi connectivity index (χ1) is 15.6. The van der Waals surface area contributed by atoms with Crippen molar-refractivity contribution in [3.8, 4) is 0 Å². The van der Waals surface area contributed by atoms with E-state index in [2.05, 4.69) is 30.8 Å². The molecule has 4 rings (SSSR count). The van der Waals surface area contributed by atoms with E-state index < -0.39 is 4.92 Å². The van der Waals surface area contributed by atoms with E-state index in [1.165, 1.54) is 12.1 Å². The summed E-state index contributed by atoms with van der Waals surface area (Å²) < 4.78 is 5.40. The Balaban J connectivity index is 1.57. The van der Waals surface area contributed by atoms with Gasteiger partial charge in [-0.2, -0.15) is 20.1 Å². The van der Waals surface area contributed by atoms with E-state index in [1.807, 2.05) is 23.1 Å². The summed E-state index contributed by atoms with van der Waals surface area (Å²) in [4.78, 5) is 25.7. The number of nitro benzene ring substituents is 1. The Hall–Kier alpha value is -3.83. The fourth-order valence-corrected chi connectivity index (χ4v) is 3.09. The number of non-ortho nitro benzene ring substituents is 1. The summed E-state index contributed by atoms with van der Waals surface area (Å²) in [6.07, 6.45) is 1.57. The summed E-state index contributed by atoms with van der Waals surface area (Å²) in [5.41, 5.74) is 4.15. The molecule has 2 aromatic carbocycles. The van der Waals surface area contributed by atoms with Crippen LogP contribution in [-0.4, -0.2) is 52.4 Å². The minimum Gasteiger partial charge on any atom is -0.378 e. The normalized spacial score (nSPS) is 13.8. The van der Waals surface area contributed by atoms with Gasteiger partial charge in [0, 0.05) is 41.5 Å². The van der Waals surface area contributed by atoms with Crippen LogP contribution in [0.2, 0.25) is 5.02 Å². The summed E-state index contributed by atoms with van der Waals surface area (Å²) in [6.45, 7) is 2.43. The smallest absolute Gasteiger partial charge is 0.269 e. The molecule has 0 unspecified atom stereocenters. The van der Waals surface area contributed by atoms with Crippen LogP contribution in [0, 0.1) is 10.1 Å². The van der Waals surface area contributed by atoms with Gasteiger partial charge in [-0.1, -0.05) is 29.8 Å². The molecule has 0 atom stereocenters. The van der Waals surface area contributed by atoms with Crippen molar-refractivity contribution in [2.24, 2.45) is 5.10 Å². The first-order valence-corrected chi connectivity index (χ1v) is 10.1. The molecule has 0 aliphatic carbocycles. The highest BCUT2D eigenvalue weighted by molar-refractivity contribution is 6.33. The Bertz CT molecular complexity index is 1120. The molecule has 0 bridgehead atoms. The molecule has 0 saturated carbocycles. The van der Waals surface area contributed by atoms with Gasteiger partial charge in [-0.3, -0.25) is 10.1 Å². The summed E-state index contributed by atoms with van der Waals surface area (Å²) >= 11 is 6.15. The Morgan fingerprint density at radius 2 is 1.78 bits per heavy atom. The van der Waals surface area contributed by atoms with Gasteiger partial charge in [0.25, 0.3) is 5.69 Å². The van der Waals surface area contributed by atoms with E-state index in [0.717, 1.165) is 5.56 Å². The van der Waals surface area contributed by atoms with Crippen molar-refractivity contribution in [3.63, 3.8) is 0 Å². The zero-order chi connectivity index (χ0) is 22.3. The van der Waals surface area contributed by atoms with Crippen molar-refractivity contribution in [3.05, 3.63) is 69.2 Å². The molecule has 1 saturated heterocycles. The third kappa shape index (κ3) is 5.45. The molecule has 1 aliphatic rings. The van der Waals surface area contributed by atoms with Crippen LogP contribution in [0.4, 0.5) is 29.2 Å². The monoisotopic (exact) mass is 454 g/mol. The lowest BCUT2D eigenvalue weighted by molar-refractivity contribution is -0.384. The van der Waals surface area contributed by atoms with Gasteiger partial charge < -0.3 is 15.0 Å². The molecule has 0 radical (unpaired) electrons. The van der Waals surface area contributed by atoms with Crippen LogP contribution in [-0.2, 0) is 4.74 Å². The van der Waals surface area contributed by atoms with Crippen molar-refractivity contribution >= 4 is 47.0 Å². The van der Waals surface area contributed by atoms with E-state index in [1.54, 1.807) is 24.4 Å². The van der Waals surface area contributed by atoms with Crippen molar-refractivity contribution in [2.75, 3.05) is 41.9 Å². The number of benzene rings is 2. The van der Waals surface area contributed by atoms with Crippen molar-refractivity contribution in [2.45, 2.75) is 0 Å². The molecule has 1 aliphatic heterocycles. The predicted octanol–water partition coefficient (Wildman–Crippen LogP) is 3.46. The maximum atomic E-state index is 10.9. The number of halogens is 1. The third-order valence-electron chi connectivity index (χ3n) is 4.53. The van der Waals surface area contributed by atoms with Crippen LogP contribution in [0.5, 0.6) is 0 Å². The Labute approximate surface area is 188 Å².